The molecule has 0 amide bonds. The van der Waals surface area contributed by atoms with E-state index in [-0.39, 0.29) is 0 Å². The van der Waals surface area contributed by atoms with E-state index >= 15 is 0 Å². The summed E-state index contributed by atoms with van der Waals surface area (Å²) in [7, 11) is 0. The molecule has 31 heavy (non-hydrogen) atoms. The average Bonchev–Trinajstić information content (AvgIpc) is 2.80. The van der Waals surface area contributed by atoms with Crippen LogP contribution < -0.4 is 15.5 Å². The molecule has 2 N–H and O–H groups in total. The Labute approximate surface area is 183 Å². The predicted molar refractivity (Wildman–Crippen MR) is 124 cm³/mol. The number of hydrogen-bond donors (Lipinski definition) is 1. The molecule has 2 aliphatic rings. The largest absolute Gasteiger partial charge is 0.383 e. The highest BCUT2D eigenvalue weighted by molar-refractivity contribution is 5.87. The minimum atomic E-state index is 0.555. The van der Waals surface area contributed by atoms with Gasteiger partial charge in [0.2, 0.25) is 0 Å². The van der Waals surface area contributed by atoms with Crippen LogP contribution >= 0.6 is 0 Å². The molecule has 1 aromatic carbocycles. The number of nitrogens with zero attached hydrogens (tertiary/aromatic N) is 7. The number of hydrogen-bond acceptors (Lipinski definition) is 8. The van der Waals surface area contributed by atoms with Gasteiger partial charge in [0.05, 0.1) is 12.1 Å². The molecule has 2 aromatic heterocycles. The molecule has 8 nitrogen and oxygen atoms in total. The summed E-state index contributed by atoms with van der Waals surface area (Å²) < 4.78 is 0. The second-order valence-electron chi connectivity index (χ2n) is 8.73. The van der Waals surface area contributed by atoms with Gasteiger partial charge in [-0.1, -0.05) is 19.1 Å². The van der Waals surface area contributed by atoms with E-state index in [4.69, 9.17) is 10.7 Å². The second-order valence-corrected chi connectivity index (χ2v) is 8.73. The van der Waals surface area contributed by atoms with E-state index in [0.717, 1.165) is 73.5 Å². The second kappa shape index (κ2) is 8.63. The van der Waals surface area contributed by atoms with Crippen LogP contribution in [-0.2, 0) is 6.54 Å². The minimum Gasteiger partial charge on any atom is -0.383 e. The molecular weight excluding hydrogens is 388 g/mol. The summed E-state index contributed by atoms with van der Waals surface area (Å²) in [5.74, 6) is 4.14. The van der Waals surface area contributed by atoms with Crippen LogP contribution in [0.25, 0.3) is 10.9 Å². The summed E-state index contributed by atoms with van der Waals surface area (Å²) in [6.45, 7) is 8.94. The van der Waals surface area contributed by atoms with Gasteiger partial charge >= 0.3 is 0 Å². The molecule has 162 valence electrons. The number of anilines is 3. The van der Waals surface area contributed by atoms with E-state index in [2.05, 4.69) is 42.6 Å². The smallest absolute Gasteiger partial charge is 0.145 e. The van der Waals surface area contributed by atoms with E-state index in [1.807, 2.05) is 24.3 Å². The van der Waals surface area contributed by atoms with Gasteiger partial charge in [-0.15, -0.1) is 0 Å². The summed E-state index contributed by atoms with van der Waals surface area (Å²) >= 11 is 0. The van der Waals surface area contributed by atoms with Crippen LogP contribution in [0.5, 0.6) is 0 Å². The quantitative estimate of drug-likeness (QED) is 0.692. The van der Waals surface area contributed by atoms with Gasteiger partial charge in [0.25, 0.3) is 0 Å². The van der Waals surface area contributed by atoms with Crippen molar-refractivity contribution in [2.75, 3.05) is 54.8 Å². The van der Waals surface area contributed by atoms with Gasteiger partial charge in [-0.2, -0.15) is 0 Å². The number of nitrogens with two attached hydrogens (primary N) is 1. The standard InChI is InChI=1S/C23H30N8/c1-17-5-4-8-31(14-17)22-13-21(25-16-26-22)30-11-9-29(10-12-30)15-20-27-19-7-3-2-6-18(19)23(24)28-20/h2-3,6-7,13,16-17H,4-5,8-12,14-15H2,1H3,(H2,24,27,28). The van der Waals surface area contributed by atoms with Gasteiger partial charge in [-0.3, -0.25) is 4.90 Å². The Balaban J connectivity index is 1.22. The first-order valence-electron chi connectivity index (χ1n) is 11.2. The van der Waals surface area contributed by atoms with Crippen LogP contribution in [0.2, 0.25) is 0 Å². The van der Waals surface area contributed by atoms with Crippen molar-refractivity contribution in [3.8, 4) is 0 Å². The zero-order valence-corrected chi connectivity index (χ0v) is 18.1. The van der Waals surface area contributed by atoms with Crippen molar-refractivity contribution in [2.45, 2.75) is 26.3 Å². The molecule has 0 bridgehead atoms. The van der Waals surface area contributed by atoms with Gasteiger partial charge in [-0.05, 0) is 30.9 Å². The highest BCUT2D eigenvalue weighted by Gasteiger charge is 2.22. The number of rotatable bonds is 4. The van der Waals surface area contributed by atoms with E-state index in [9.17, 15) is 0 Å². The molecular formula is C23H30N8. The summed E-state index contributed by atoms with van der Waals surface area (Å²) in [4.78, 5) is 25.5. The number of para-hydroxylation sites is 1. The summed E-state index contributed by atoms with van der Waals surface area (Å²) in [6.07, 6.45) is 4.26. The van der Waals surface area contributed by atoms with E-state index in [0.29, 0.717) is 12.4 Å². The molecule has 0 saturated carbocycles. The van der Waals surface area contributed by atoms with Crippen molar-refractivity contribution in [3.05, 3.63) is 42.5 Å². The Bertz CT molecular complexity index is 1050. The Kier molecular flexibility index (Phi) is 5.55. The zero-order valence-electron chi connectivity index (χ0n) is 18.1. The Morgan fingerprint density at radius 1 is 0.968 bits per heavy atom. The topological polar surface area (TPSA) is 87.3 Å². The minimum absolute atomic E-state index is 0.555. The first-order chi connectivity index (χ1) is 15.2. The van der Waals surface area contributed by atoms with Crippen LogP contribution in [0, 0.1) is 5.92 Å². The molecule has 0 aliphatic carbocycles. The number of benzene rings is 1. The van der Waals surface area contributed by atoms with E-state index in [1.165, 1.54) is 12.8 Å². The van der Waals surface area contributed by atoms with Crippen LogP contribution in [0.1, 0.15) is 25.6 Å². The summed E-state index contributed by atoms with van der Waals surface area (Å²) in [5.41, 5.74) is 7.06. The normalized spacial score (nSPS) is 20.4. The maximum absolute atomic E-state index is 6.15. The van der Waals surface area contributed by atoms with Gasteiger partial charge in [-0.25, -0.2) is 19.9 Å². The number of piperazine rings is 1. The lowest BCUT2D eigenvalue weighted by molar-refractivity contribution is 0.244. The van der Waals surface area contributed by atoms with Crippen molar-refractivity contribution in [2.24, 2.45) is 5.92 Å². The summed E-state index contributed by atoms with van der Waals surface area (Å²) in [6, 6.07) is 10.1. The molecule has 2 saturated heterocycles. The van der Waals surface area contributed by atoms with E-state index < -0.39 is 0 Å². The molecule has 4 heterocycles. The highest BCUT2D eigenvalue weighted by Crippen LogP contribution is 2.24. The Morgan fingerprint density at radius 2 is 1.74 bits per heavy atom. The first kappa shape index (κ1) is 19.9. The third-order valence-corrected chi connectivity index (χ3v) is 6.36. The average molecular weight is 419 g/mol. The molecule has 2 fully saturated rings. The van der Waals surface area contributed by atoms with Gasteiger partial charge in [0.1, 0.15) is 29.6 Å². The fourth-order valence-electron chi connectivity index (χ4n) is 4.64. The van der Waals surface area contributed by atoms with Crippen LogP contribution in [0.3, 0.4) is 0 Å². The monoisotopic (exact) mass is 418 g/mol. The number of fused-ring (bicyclic) bond motifs is 1. The predicted octanol–water partition coefficient (Wildman–Crippen LogP) is 2.56. The van der Waals surface area contributed by atoms with Crippen LogP contribution in [0.15, 0.2) is 36.7 Å². The molecule has 1 atom stereocenters. The zero-order chi connectivity index (χ0) is 21.2. The SMILES string of the molecule is CC1CCCN(c2cc(N3CCN(Cc4nc(N)c5ccccc5n4)CC3)ncn2)C1. The maximum Gasteiger partial charge on any atom is 0.145 e. The molecule has 3 aromatic rings. The van der Waals surface area contributed by atoms with Gasteiger partial charge in [0, 0.05) is 50.7 Å². The van der Waals surface area contributed by atoms with Crippen molar-refractivity contribution in [1.82, 2.24) is 24.8 Å². The van der Waals surface area contributed by atoms with Gasteiger partial charge in [0.15, 0.2) is 0 Å². The first-order valence-corrected chi connectivity index (χ1v) is 11.2. The third kappa shape index (κ3) is 4.39. The maximum atomic E-state index is 6.15. The molecule has 8 heteroatoms. The lowest BCUT2D eigenvalue weighted by Crippen LogP contribution is -2.46. The molecule has 1 unspecified atom stereocenters. The van der Waals surface area contributed by atoms with Crippen LogP contribution in [0.4, 0.5) is 17.5 Å². The van der Waals surface area contributed by atoms with Crippen molar-refractivity contribution in [1.29, 1.82) is 0 Å². The summed E-state index contributed by atoms with van der Waals surface area (Å²) in [5, 5.41) is 0.915. The van der Waals surface area contributed by atoms with Crippen molar-refractivity contribution < 1.29 is 0 Å². The third-order valence-electron chi connectivity index (χ3n) is 6.36. The number of nitrogen functional groups attached to an aromatic ring is 1. The molecule has 2 aliphatic heterocycles. The van der Waals surface area contributed by atoms with E-state index in [1.54, 1.807) is 6.33 Å². The fraction of sp³-hybridized carbons (Fsp3) is 0.478. The molecule has 0 spiro atoms. The Hall–Kier alpha value is -3.00. The number of piperidine rings is 1. The lowest BCUT2D eigenvalue weighted by atomic mass is 10.0. The molecule has 0 radical (unpaired) electrons. The fourth-order valence-corrected chi connectivity index (χ4v) is 4.64. The Morgan fingerprint density at radius 3 is 2.55 bits per heavy atom. The van der Waals surface area contributed by atoms with Crippen LogP contribution in [-0.4, -0.2) is 64.1 Å². The van der Waals surface area contributed by atoms with Crippen molar-refractivity contribution >= 4 is 28.4 Å². The lowest BCUT2D eigenvalue weighted by Gasteiger charge is -2.36. The van der Waals surface area contributed by atoms with Gasteiger partial charge < -0.3 is 15.5 Å². The highest BCUT2D eigenvalue weighted by atomic mass is 15.3. The molecule has 5 rings (SSSR count). The van der Waals surface area contributed by atoms with Crippen molar-refractivity contribution in [3.63, 3.8) is 0 Å². The number of aromatic nitrogens is 4.